The van der Waals surface area contributed by atoms with Crippen LogP contribution in [0.5, 0.6) is 5.88 Å². The third-order valence-corrected chi connectivity index (χ3v) is 4.59. The van der Waals surface area contributed by atoms with Gasteiger partial charge in [-0.3, -0.25) is 9.97 Å². The number of para-hydroxylation sites is 1. The van der Waals surface area contributed by atoms with E-state index in [2.05, 4.69) is 25.2 Å². The molecular weight excluding hydrogens is 350 g/mol. The van der Waals surface area contributed by atoms with Crippen LogP contribution in [0.2, 0.25) is 0 Å². The maximum Gasteiger partial charge on any atom is 0.196 e. The first kappa shape index (κ1) is 16.1. The Kier molecular flexibility index (Phi) is 3.80. The van der Waals surface area contributed by atoms with E-state index in [4.69, 9.17) is 0 Å². The number of nitrogens with one attached hydrogen (secondary N) is 1. The van der Waals surface area contributed by atoms with Gasteiger partial charge in [0.2, 0.25) is 0 Å². The zero-order chi connectivity index (χ0) is 18.9. The number of fused-ring (bicyclic) bond motifs is 2. The Hall–Kier alpha value is -4.06. The number of aromatic hydroxyl groups is 1. The van der Waals surface area contributed by atoms with Gasteiger partial charge in [-0.1, -0.05) is 24.3 Å². The van der Waals surface area contributed by atoms with Gasteiger partial charge in [0.15, 0.2) is 5.88 Å². The van der Waals surface area contributed by atoms with E-state index in [1.807, 2.05) is 60.7 Å². The van der Waals surface area contributed by atoms with E-state index in [9.17, 15) is 5.11 Å². The molecule has 1 aliphatic rings. The fourth-order valence-corrected chi connectivity index (χ4v) is 3.25. The molecule has 5 rings (SSSR count). The summed E-state index contributed by atoms with van der Waals surface area (Å²) in [7, 11) is 0. The lowest BCUT2D eigenvalue weighted by molar-refractivity contribution is 0.457. The van der Waals surface area contributed by atoms with Gasteiger partial charge in [-0.25, -0.2) is 0 Å². The fourth-order valence-electron chi connectivity index (χ4n) is 3.25. The number of nitrogens with zero attached hydrogens (tertiary/aromatic N) is 4. The molecule has 2 aromatic carbocycles. The summed E-state index contributed by atoms with van der Waals surface area (Å²) in [5.74, 6) is 0.155. The van der Waals surface area contributed by atoms with Crippen molar-refractivity contribution in [3.63, 3.8) is 0 Å². The summed E-state index contributed by atoms with van der Waals surface area (Å²) >= 11 is 0. The molecule has 0 bridgehead atoms. The molecule has 28 heavy (non-hydrogen) atoms. The van der Waals surface area contributed by atoms with E-state index < -0.39 is 0 Å². The Morgan fingerprint density at radius 2 is 1.89 bits per heavy atom. The molecule has 0 amide bonds. The van der Waals surface area contributed by atoms with Crippen molar-refractivity contribution in [3.05, 3.63) is 88.8 Å². The van der Waals surface area contributed by atoms with E-state index in [-0.39, 0.29) is 5.88 Å². The van der Waals surface area contributed by atoms with Crippen LogP contribution < -0.4 is 10.4 Å². The van der Waals surface area contributed by atoms with Gasteiger partial charge < -0.3 is 10.1 Å². The molecule has 0 aliphatic carbocycles. The quantitative estimate of drug-likeness (QED) is 0.583. The zero-order valence-corrected chi connectivity index (χ0v) is 14.7. The summed E-state index contributed by atoms with van der Waals surface area (Å²) in [6.07, 6.45) is 10.7. The van der Waals surface area contributed by atoms with Crippen molar-refractivity contribution in [2.75, 3.05) is 0 Å². The highest BCUT2D eigenvalue weighted by atomic mass is 16.3. The maximum atomic E-state index is 10.3. The van der Waals surface area contributed by atoms with Gasteiger partial charge in [-0.15, -0.1) is 10.2 Å². The Bertz CT molecular complexity index is 1370. The van der Waals surface area contributed by atoms with Gasteiger partial charge in [0, 0.05) is 34.1 Å². The molecule has 0 radical (unpaired) electrons. The first-order chi connectivity index (χ1) is 13.8. The maximum absolute atomic E-state index is 10.3. The second-order valence-corrected chi connectivity index (χ2v) is 6.40. The minimum Gasteiger partial charge on any atom is -0.494 e. The van der Waals surface area contributed by atoms with Gasteiger partial charge in [-0.05, 0) is 41.6 Å². The van der Waals surface area contributed by atoms with Gasteiger partial charge in [0.25, 0.3) is 0 Å². The molecule has 2 aromatic heterocycles. The molecule has 3 heterocycles. The van der Waals surface area contributed by atoms with Crippen molar-refractivity contribution < 1.29 is 5.11 Å². The van der Waals surface area contributed by atoms with Crippen molar-refractivity contribution in [1.29, 1.82) is 0 Å². The Morgan fingerprint density at radius 1 is 0.964 bits per heavy atom. The van der Waals surface area contributed by atoms with Crippen LogP contribution >= 0.6 is 0 Å². The zero-order valence-electron chi connectivity index (χ0n) is 14.7. The molecule has 0 saturated heterocycles. The largest absolute Gasteiger partial charge is 0.494 e. The average molecular weight is 365 g/mol. The first-order valence-electron chi connectivity index (χ1n) is 8.79. The number of H-pyrrole nitrogens is 1. The minimum atomic E-state index is 0.155. The predicted octanol–water partition coefficient (Wildman–Crippen LogP) is 3.41. The topological polar surface area (TPSA) is 86.5 Å². The number of rotatable bonds is 3. The number of azo groups is 1. The smallest absolute Gasteiger partial charge is 0.196 e. The SMILES string of the molecule is Oc1[nH]c2ccccc2c1C=c1ccc2c(c1)N=NC=2/C=C/c1cnccn1. The minimum absolute atomic E-state index is 0.155. The lowest BCUT2D eigenvalue weighted by Crippen LogP contribution is -2.08. The Balaban J connectivity index is 1.56. The molecule has 0 saturated carbocycles. The molecule has 134 valence electrons. The van der Waals surface area contributed by atoms with Crippen LogP contribution in [-0.2, 0) is 0 Å². The van der Waals surface area contributed by atoms with Crippen LogP contribution in [0, 0.1) is 0 Å². The van der Waals surface area contributed by atoms with Crippen molar-refractivity contribution >= 4 is 34.4 Å². The summed E-state index contributed by atoms with van der Waals surface area (Å²) in [6.45, 7) is 0. The summed E-state index contributed by atoms with van der Waals surface area (Å²) in [5.41, 5.74) is 4.00. The normalized spacial score (nSPS) is 13.7. The Morgan fingerprint density at radius 3 is 2.79 bits per heavy atom. The molecule has 0 spiro atoms. The molecule has 6 nitrogen and oxygen atoms in total. The van der Waals surface area contributed by atoms with Crippen molar-refractivity contribution in [2.45, 2.75) is 0 Å². The van der Waals surface area contributed by atoms with Gasteiger partial charge in [0.1, 0.15) is 0 Å². The second kappa shape index (κ2) is 6.59. The Labute approximate surface area is 160 Å². The van der Waals surface area contributed by atoms with E-state index in [0.29, 0.717) is 0 Å². The van der Waals surface area contributed by atoms with Crippen LogP contribution in [0.15, 0.2) is 77.4 Å². The summed E-state index contributed by atoms with van der Waals surface area (Å²) < 4.78 is 0. The number of aromatic nitrogens is 3. The highest BCUT2D eigenvalue weighted by molar-refractivity contribution is 5.91. The number of aromatic amines is 1. The summed E-state index contributed by atoms with van der Waals surface area (Å²) in [6, 6.07) is 13.7. The third-order valence-electron chi connectivity index (χ3n) is 4.59. The number of hydrogen-bond acceptors (Lipinski definition) is 5. The standard InChI is InChI=1S/C22H15N5O/c28-22-18(16-3-1-2-4-19(16)25-22)11-14-5-7-17-20(26-27-21(17)12-14)8-6-15-13-23-9-10-24-15/h1-13,25,28H/b8-6+,14-11?. The second-order valence-electron chi connectivity index (χ2n) is 6.40. The van der Waals surface area contributed by atoms with E-state index in [1.54, 1.807) is 18.6 Å². The van der Waals surface area contributed by atoms with Crippen molar-refractivity contribution in [3.8, 4) is 5.88 Å². The van der Waals surface area contributed by atoms with Crippen LogP contribution in [0.4, 0.5) is 5.69 Å². The average Bonchev–Trinajstić information content (AvgIpc) is 3.28. The molecule has 4 aromatic rings. The molecule has 6 heteroatoms. The fraction of sp³-hybridized carbons (Fsp3) is 0. The third kappa shape index (κ3) is 2.87. The van der Waals surface area contributed by atoms with Gasteiger partial charge >= 0.3 is 0 Å². The molecule has 0 atom stereocenters. The van der Waals surface area contributed by atoms with Gasteiger partial charge in [0.05, 0.1) is 23.3 Å². The van der Waals surface area contributed by atoms with Crippen molar-refractivity contribution in [1.82, 2.24) is 15.0 Å². The molecule has 0 unspecified atom stereocenters. The summed E-state index contributed by atoms with van der Waals surface area (Å²) in [5, 5.41) is 21.7. The van der Waals surface area contributed by atoms with Crippen molar-refractivity contribution in [2.24, 2.45) is 10.2 Å². The predicted molar refractivity (Wildman–Crippen MR) is 108 cm³/mol. The van der Waals surface area contributed by atoms with E-state index in [0.717, 1.165) is 44.0 Å². The molecular formula is C22H15N5O. The van der Waals surface area contributed by atoms with E-state index >= 15 is 0 Å². The van der Waals surface area contributed by atoms with E-state index in [1.165, 1.54) is 0 Å². The van der Waals surface area contributed by atoms with Crippen LogP contribution in [0.25, 0.3) is 28.8 Å². The molecule has 2 N–H and O–H groups in total. The first-order valence-corrected chi connectivity index (χ1v) is 8.79. The highest BCUT2D eigenvalue weighted by Gasteiger charge is 2.09. The number of benzene rings is 2. The molecule has 0 fully saturated rings. The van der Waals surface area contributed by atoms with Crippen LogP contribution in [-0.4, -0.2) is 20.1 Å². The highest BCUT2D eigenvalue weighted by Crippen LogP contribution is 2.27. The van der Waals surface area contributed by atoms with Crippen LogP contribution in [0.3, 0.4) is 0 Å². The lowest BCUT2D eigenvalue weighted by atomic mass is 10.1. The molecule has 1 aliphatic heterocycles. The van der Waals surface area contributed by atoms with Crippen LogP contribution in [0.1, 0.15) is 11.3 Å². The lowest BCUT2D eigenvalue weighted by Gasteiger charge is -1.94. The monoisotopic (exact) mass is 365 g/mol. The van der Waals surface area contributed by atoms with Gasteiger partial charge in [-0.2, -0.15) is 0 Å². The summed E-state index contributed by atoms with van der Waals surface area (Å²) in [4.78, 5) is 11.3. The number of hydrogen-bond donors (Lipinski definition) is 2.